The van der Waals surface area contributed by atoms with E-state index in [0.717, 1.165) is 44.3 Å². The topological polar surface area (TPSA) is 88.8 Å². The summed E-state index contributed by atoms with van der Waals surface area (Å²) in [5.41, 5.74) is 0.888. The molecule has 0 saturated heterocycles. The molecule has 1 unspecified atom stereocenters. The second kappa shape index (κ2) is 7.42. The summed E-state index contributed by atoms with van der Waals surface area (Å²) in [4.78, 5) is 0. The fourth-order valence-corrected chi connectivity index (χ4v) is 4.02. The highest BCUT2D eigenvalue weighted by molar-refractivity contribution is 7.85. The van der Waals surface area contributed by atoms with Crippen molar-refractivity contribution < 1.29 is 22.1 Å². The molecule has 6 nitrogen and oxygen atoms in total. The monoisotopic (exact) mass is 413 g/mol. The first kappa shape index (κ1) is 19.8. The minimum Gasteiger partial charge on any atom is -0.464 e. The zero-order valence-corrected chi connectivity index (χ0v) is 17.1. The summed E-state index contributed by atoms with van der Waals surface area (Å²) >= 11 is 0. The van der Waals surface area contributed by atoms with Gasteiger partial charge in [0.2, 0.25) is 0 Å². The predicted octanol–water partition coefficient (Wildman–Crippen LogP) is 3.56. The van der Waals surface area contributed by atoms with E-state index in [9.17, 15) is 13.5 Å². The maximum Gasteiger partial charge on any atom is 0.264 e. The zero-order valence-electron chi connectivity index (χ0n) is 16.3. The Labute approximate surface area is 169 Å². The van der Waals surface area contributed by atoms with Crippen LogP contribution in [-0.4, -0.2) is 38.5 Å². The van der Waals surface area contributed by atoms with Crippen molar-refractivity contribution in [3.05, 3.63) is 60.4 Å². The molecule has 0 aliphatic heterocycles. The van der Waals surface area contributed by atoms with Crippen molar-refractivity contribution >= 4 is 42.6 Å². The van der Waals surface area contributed by atoms with E-state index in [2.05, 4.69) is 29.6 Å². The van der Waals surface area contributed by atoms with Gasteiger partial charge in [-0.3, -0.25) is 4.18 Å². The summed E-state index contributed by atoms with van der Waals surface area (Å²) in [6.07, 6.45) is 2.67. The molecule has 3 aromatic carbocycles. The maximum atomic E-state index is 11.4. The van der Waals surface area contributed by atoms with Gasteiger partial charge in [0.05, 0.1) is 31.3 Å². The number of hydrogen-bond donors (Lipinski definition) is 2. The first-order valence-corrected chi connectivity index (χ1v) is 11.1. The van der Waals surface area contributed by atoms with E-state index in [4.69, 9.17) is 8.60 Å². The Morgan fingerprint density at radius 3 is 2.66 bits per heavy atom. The van der Waals surface area contributed by atoms with E-state index < -0.39 is 15.7 Å². The van der Waals surface area contributed by atoms with Gasteiger partial charge in [-0.25, -0.2) is 0 Å². The van der Waals surface area contributed by atoms with Crippen LogP contribution in [0.2, 0.25) is 0 Å². The first-order chi connectivity index (χ1) is 13.8. The average Bonchev–Trinajstić information content (AvgIpc) is 3.19. The van der Waals surface area contributed by atoms with Gasteiger partial charge in [0, 0.05) is 17.3 Å². The highest BCUT2D eigenvalue weighted by Gasteiger charge is 2.26. The highest BCUT2D eigenvalue weighted by Crippen LogP contribution is 2.34. The Bertz CT molecular complexity index is 1290. The summed E-state index contributed by atoms with van der Waals surface area (Å²) in [5, 5.41) is 18.4. The summed E-state index contributed by atoms with van der Waals surface area (Å²) in [6.45, 7) is 1.70. The van der Waals surface area contributed by atoms with Crippen LogP contribution in [-0.2, 0) is 20.8 Å². The molecule has 1 atom stereocenters. The summed E-state index contributed by atoms with van der Waals surface area (Å²) in [6, 6.07) is 16.3. The molecule has 0 radical (unpaired) electrons. The zero-order chi connectivity index (χ0) is 20.6. The van der Waals surface area contributed by atoms with Gasteiger partial charge in [-0.05, 0) is 40.8 Å². The summed E-state index contributed by atoms with van der Waals surface area (Å²) in [5.74, 6) is 0. The van der Waals surface area contributed by atoms with Crippen LogP contribution in [0.3, 0.4) is 0 Å². The van der Waals surface area contributed by atoms with E-state index in [1.807, 2.05) is 24.3 Å². The van der Waals surface area contributed by atoms with E-state index in [-0.39, 0.29) is 13.2 Å². The largest absolute Gasteiger partial charge is 0.464 e. The average molecular weight is 413 g/mol. The van der Waals surface area contributed by atoms with E-state index >= 15 is 0 Å². The van der Waals surface area contributed by atoms with Gasteiger partial charge in [0.1, 0.15) is 5.58 Å². The molecule has 0 saturated carbocycles. The van der Waals surface area contributed by atoms with Crippen molar-refractivity contribution in [2.45, 2.75) is 19.0 Å². The quantitative estimate of drug-likeness (QED) is 0.356. The van der Waals surface area contributed by atoms with Crippen molar-refractivity contribution in [3.8, 4) is 0 Å². The van der Waals surface area contributed by atoms with Gasteiger partial charge in [-0.2, -0.15) is 8.42 Å². The number of hydrogen-bond acceptors (Lipinski definition) is 6. The van der Waals surface area contributed by atoms with Gasteiger partial charge in [-0.1, -0.05) is 36.4 Å². The van der Waals surface area contributed by atoms with E-state index in [1.165, 1.54) is 0 Å². The summed E-state index contributed by atoms with van der Waals surface area (Å²) < 4.78 is 33.4. The van der Waals surface area contributed by atoms with Crippen molar-refractivity contribution in [1.29, 1.82) is 0 Å². The normalized spacial score (nSPS) is 14.6. The third kappa shape index (κ3) is 4.00. The fraction of sp³-hybridized carbons (Fsp3) is 0.273. The van der Waals surface area contributed by atoms with Crippen molar-refractivity contribution in [3.63, 3.8) is 0 Å². The Balaban J connectivity index is 1.78. The van der Waals surface area contributed by atoms with Crippen LogP contribution < -0.4 is 5.32 Å². The van der Waals surface area contributed by atoms with Crippen molar-refractivity contribution in [2.24, 2.45) is 0 Å². The number of aliphatic hydroxyl groups is 1. The van der Waals surface area contributed by atoms with Crippen LogP contribution in [0.15, 0.2) is 59.2 Å². The minimum absolute atomic E-state index is 0.163. The minimum atomic E-state index is -3.60. The van der Waals surface area contributed by atoms with E-state index in [0.29, 0.717) is 6.54 Å². The van der Waals surface area contributed by atoms with Gasteiger partial charge >= 0.3 is 0 Å². The molecule has 1 heterocycles. The van der Waals surface area contributed by atoms with Crippen LogP contribution in [0.25, 0.3) is 32.5 Å². The number of fused-ring (bicyclic) bond motifs is 5. The molecule has 1 aromatic heterocycles. The molecule has 0 bridgehead atoms. The van der Waals surface area contributed by atoms with Gasteiger partial charge < -0.3 is 14.8 Å². The standard InChI is InChI=1S/C22H23NO5S/c1-22(13-24,14-28-29(2,25)26)23-12-17-11-16-5-3-4-6-18(16)19-8-7-15-9-10-27-21(15)20(17)19/h3-11,23-24H,12-14H2,1-2H3. The predicted molar refractivity (Wildman–Crippen MR) is 114 cm³/mol. The van der Waals surface area contributed by atoms with Crippen LogP contribution in [0.4, 0.5) is 0 Å². The molecule has 0 aliphatic carbocycles. The van der Waals surface area contributed by atoms with Gasteiger partial charge in [0.25, 0.3) is 10.1 Å². The highest BCUT2D eigenvalue weighted by atomic mass is 32.2. The molecular formula is C22H23NO5S. The lowest BCUT2D eigenvalue weighted by Crippen LogP contribution is -2.49. The molecule has 7 heteroatoms. The van der Waals surface area contributed by atoms with Crippen LogP contribution in [0, 0.1) is 0 Å². The Morgan fingerprint density at radius 2 is 1.90 bits per heavy atom. The number of furan rings is 1. The molecular weight excluding hydrogens is 390 g/mol. The second-order valence-electron chi connectivity index (χ2n) is 7.62. The number of benzene rings is 3. The molecule has 0 aliphatic rings. The van der Waals surface area contributed by atoms with Crippen LogP contribution in [0.5, 0.6) is 0 Å². The third-order valence-corrected chi connectivity index (χ3v) is 5.72. The SMILES string of the molecule is CC(CO)(COS(C)(=O)=O)NCc1cc2ccccc2c2ccc3ccoc3c12. The molecule has 4 rings (SSSR count). The lowest BCUT2D eigenvalue weighted by atomic mass is 9.95. The van der Waals surface area contributed by atoms with E-state index in [1.54, 1.807) is 13.2 Å². The van der Waals surface area contributed by atoms with Crippen molar-refractivity contribution in [2.75, 3.05) is 19.5 Å². The molecule has 0 amide bonds. The first-order valence-electron chi connectivity index (χ1n) is 9.30. The Morgan fingerprint density at radius 1 is 1.10 bits per heavy atom. The molecule has 152 valence electrons. The molecule has 29 heavy (non-hydrogen) atoms. The lowest BCUT2D eigenvalue weighted by Gasteiger charge is -2.28. The fourth-order valence-electron chi connectivity index (χ4n) is 3.54. The van der Waals surface area contributed by atoms with Gasteiger partial charge in [-0.15, -0.1) is 0 Å². The number of aliphatic hydroxyl groups excluding tert-OH is 1. The Hall–Kier alpha value is -2.45. The van der Waals surface area contributed by atoms with Crippen LogP contribution >= 0.6 is 0 Å². The van der Waals surface area contributed by atoms with Crippen molar-refractivity contribution in [1.82, 2.24) is 5.32 Å². The third-order valence-electron chi connectivity index (χ3n) is 5.17. The molecule has 4 aromatic rings. The van der Waals surface area contributed by atoms with Crippen LogP contribution in [0.1, 0.15) is 12.5 Å². The number of rotatable bonds is 7. The Kier molecular flexibility index (Phi) is 5.08. The second-order valence-corrected chi connectivity index (χ2v) is 9.27. The van der Waals surface area contributed by atoms with Gasteiger partial charge in [0.15, 0.2) is 0 Å². The lowest BCUT2D eigenvalue weighted by molar-refractivity contribution is 0.118. The summed E-state index contributed by atoms with van der Waals surface area (Å²) in [7, 11) is -3.60. The smallest absolute Gasteiger partial charge is 0.264 e. The molecule has 0 spiro atoms. The maximum absolute atomic E-state index is 11.4. The molecule has 0 fully saturated rings. The molecule has 2 N–H and O–H groups in total. The number of nitrogens with one attached hydrogen (secondary N) is 1.